The predicted molar refractivity (Wildman–Crippen MR) is 71.3 cm³/mol. The molecule has 2 rings (SSSR count). The normalized spacial score (nSPS) is 18.5. The molecule has 17 heavy (non-hydrogen) atoms. The van der Waals surface area contributed by atoms with E-state index in [0.29, 0.717) is 5.15 Å². The van der Waals surface area contributed by atoms with Crippen LogP contribution in [-0.2, 0) is 6.54 Å². The number of hydrogen-bond donors (Lipinski definition) is 0. The smallest absolute Gasteiger partial charge is 0.129 e. The van der Waals surface area contributed by atoms with Gasteiger partial charge in [-0.1, -0.05) is 24.6 Å². The van der Waals surface area contributed by atoms with Gasteiger partial charge in [0.2, 0.25) is 0 Å². The number of piperazine rings is 1. The van der Waals surface area contributed by atoms with Crippen LogP contribution in [0.4, 0.5) is 0 Å². The third-order valence-electron chi connectivity index (χ3n) is 3.16. The Balaban J connectivity index is 1.82. The highest BCUT2D eigenvalue weighted by atomic mass is 35.5. The lowest BCUT2D eigenvalue weighted by Gasteiger charge is -2.34. The van der Waals surface area contributed by atoms with Crippen molar-refractivity contribution >= 4 is 11.6 Å². The third kappa shape index (κ3) is 3.95. The Morgan fingerprint density at radius 2 is 1.88 bits per heavy atom. The lowest BCUT2D eigenvalue weighted by atomic mass is 10.2. The molecule has 0 saturated carbocycles. The van der Waals surface area contributed by atoms with Gasteiger partial charge in [0.1, 0.15) is 5.15 Å². The van der Waals surface area contributed by atoms with E-state index in [1.54, 1.807) is 0 Å². The first-order valence-electron chi connectivity index (χ1n) is 6.34. The van der Waals surface area contributed by atoms with Gasteiger partial charge in [-0.25, -0.2) is 4.98 Å². The fraction of sp³-hybridized carbons (Fsp3) is 0.615. The molecule has 1 aliphatic heterocycles. The van der Waals surface area contributed by atoms with Crippen LogP contribution in [0.25, 0.3) is 0 Å². The van der Waals surface area contributed by atoms with Crippen molar-refractivity contribution < 1.29 is 0 Å². The molecule has 0 N–H and O–H groups in total. The molecule has 4 heteroatoms. The van der Waals surface area contributed by atoms with Crippen LogP contribution in [0.15, 0.2) is 18.2 Å². The van der Waals surface area contributed by atoms with Crippen molar-refractivity contribution in [1.82, 2.24) is 14.8 Å². The molecule has 0 atom stereocenters. The fourth-order valence-electron chi connectivity index (χ4n) is 2.25. The van der Waals surface area contributed by atoms with Gasteiger partial charge in [-0.2, -0.15) is 0 Å². The molecule has 94 valence electrons. The summed E-state index contributed by atoms with van der Waals surface area (Å²) in [7, 11) is 0. The minimum absolute atomic E-state index is 0.590. The minimum Gasteiger partial charge on any atom is -0.301 e. The largest absolute Gasteiger partial charge is 0.301 e. The monoisotopic (exact) mass is 253 g/mol. The second kappa shape index (κ2) is 6.34. The Kier molecular flexibility index (Phi) is 4.77. The fourth-order valence-corrected chi connectivity index (χ4v) is 2.44. The van der Waals surface area contributed by atoms with E-state index < -0.39 is 0 Å². The van der Waals surface area contributed by atoms with Gasteiger partial charge in [0.05, 0.1) is 5.69 Å². The maximum absolute atomic E-state index is 5.89. The summed E-state index contributed by atoms with van der Waals surface area (Å²) in [6.45, 7) is 9.00. The van der Waals surface area contributed by atoms with Crippen LogP contribution in [0, 0.1) is 0 Å². The second-order valence-electron chi connectivity index (χ2n) is 4.57. The maximum atomic E-state index is 5.89. The molecule has 0 spiro atoms. The number of halogens is 1. The van der Waals surface area contributed by atoms with Gasteiger partial charge in [0.15, 0.2) is 0 Å². The Bertz CT molecular complexity index is 348. The standard InChI is InChI=1S/C13H20ClN3/c1-2-6-16-7-9-17(10-8-16)11-12-4-3-5-13(14)15-12/h3-5H,2,6-11H2,1H3. The molecule has 0 bridgehead atoms. The lowest BCUT2D eigenvalue weighted by molar-refractivity contribution is 0.126. The Morgan fingerprint density at radius 3 is 2.53 bits per heavy atom. The Hall–Kier alpha value is -0.640. The molecular formula is C13H20ClN3. The van der Waals surface area contributed by atoms with Gasteiger partial charge in [0.25, 0.3) is 0 Å². The van der Waals surface area contributed by atoms with Crippen LogP contribution < -0.4 is 0 Å². The van der Waals surface area contributed by atoms with E-state index in [1.807, 2.05) is 18.2 Å². The van der Waals surface area contributed by atoms with Crippen molar-refractivity contribution in [2.45, 2.75) is 19.9 Å². The Labute approximate surface area is 108 Å². The van der Waals surface area contributed by atoms with Crippen LogP contribution in [0.3, 0.4) is 0 Å². The number of nitrogens with zero attached hydrogens (tertiary/aromatic N) is 3. The van der Waals surface area contributed by atoms with Gasteiger partial charge < -0.3 is 4.90 Å². The number of aromatic nitrogens is 1. The van der Waals surface area contributed by atoms with Crippen LogP contribution in [0.2, 0.25) is 5.15 Å². The summed E-state index contributed by atoms with van der Waals surface area (Å²) in [6, 6.07) is 5.84. The molecular weight excluding hydrogens is 234 g/mol. The van der Waals surface area contributed by atoms with Crippen molar-refractivity contribution in [1.29, 1.82) is 0 Å². The third-order valence-corrected chi connectivity index (χ3v) is 3.37. The first-order valence-corrected chi connectivity index (χ1v) is 6.72. The zero-order chi connectivity index (χ0) is 12.1. The summed E-state index contributed by atoms with van der Waals surface area (Å²) in [4.78, 5) is 9.31. The highest BCUT2D eigenvalue weighted by Crippen LogP contribution is 2.10. The van der Waals surface area contributed by atoms with E-state index in [9.17, 15) is 0 Å². The van der Waals surface area contributed by atoms with Crippen molar-refractivity contribution in [3.8, 4) is 0 Å². The van der Waals surface area contributed by atoms with E-state index >= 15 is 0 Å². The van der Waals surface area contributed by atoms with Crippen molar-refractivity contribution in [2.75, 3.05) is 32.7 Å². The van der Waals surface area contributed by atoms with Gasteiger partial charge >= 0.3 is 0 Å². The molecule has 0 aromatic carbocycles. The average molecular weight is 254 g/mol. The Morgan fingerprint density at radius 1 is 1.18 bits per heavy atom. The average Bonchev–Trinajstić information content (AvgIpc) is 2.32. The molecule has 0 aliphatic carbocycles. The molecule has 1 aromatic rings. The molecule has 0 unspecified atom stereocenters. The zero-order valence-corrected chi connectivity index (χ0v) is 11.2. The molecule has 0 amide bonds. The van der Waals surface area contributed by atoms with Crippen LogP contribution >= 0.6 is 11.6 Å². The lowest BCUT2D eigenvalue weighted by Crippen LogP contribution is -2.46. The molecule has 3 nitrogen and oxygen atoms in total. The molecule has 1 fully saturated rings. The van der Waals surface area contributed by atoms with Gasteiger partial charge in [-0.3, -0.25) is 4.90 Å². The number of rotatable bonds is 4. The molecule has 0 radical (unpaired) electrons. The highest BCUT2D eigenvalue weighted by molar-refractivity contribution is 6.29. The summed E-state index contributed by atoms with van der Waals surface area (Å²) < 4.78 is 0. The van der Waals surface area contributed by atoms with Crippen LogP contribution in [-0.4, -0.2) is 47.5 Å². The topological polar surface area (TPSA) is 19.4 Å². The SMILES string of the molecule is CCCN1CCN(Cc2cccc(Cl)n2)CC1. The number of pyridine rings is 1. The summed E-state index contributed by atoms with van der Waals surface area (Å²) in [6.07, 6.45) is 1.25. The molecule has 1 saturated heterocycles. The van der Waals surface area contributed by atoms with Crippen LogP contribution in [0.1, 0.15) is 19.0 Å². The first-order chi connectivity index (χ1) is 8.28. The van der Waals surface area contributed by atoms with E-state index in [-0.39, 0.29) is 0 Å². The van der Waals surface area contributed by atoms with Gasteiger partial charge in [-0.05, 0) is 25.1 Å². The highest BCUT2D eigenvalue weighted by Gasteiger charge is 2.16. The maximum Gasteiger partial charge on any atom is 0.129 e. The minimum atomic E-state index is 0.590. The zero-order valence-electron chi connectivity index (χ0n) is 10.4. The van der Waals surface area contributed by atoms with Crippen molar-refractivity contribution in [2.24, 2.45) is 0 Å². The quantitative estimate of drug-likeness (QED) is 0.768. The van der Waals surface area contributed by atoms with Crippen molar-refractivity contribution in [3.05, 3.63) is 29.0 Å². The summed E-state index contributed by atoms with van der Waals surface area (Å²) in [5.41, 5.74) is 1.07. The molecule has 1 aliphatic rings. The first kappa shape index (κ1) is 12.8. The predicted octanol–water partition coefficient (Wildman–Crippen LogP) is 2.26. The van der Waals surface area contributed by atoms with Gasteiger partial charge in [0, 0.05) is 32.7 Å². The second-order valence-corrected chi connectivity index (χ2v) is 4.96. The number of hydrogen-bond acceptors (Lipinski definition) is 3. The van der Waals surface area contributed by atoms with Gasteiger partial charge in [-0.15, -0.1) is 0 Å². The van der Waals surface area contributed by atoms with E-state index in [4.69, 9.17) is 11.6 Å². The van der Waals surface area contributed by atoms with E-state index in [2.05, 4.69) is 21.7 Å². The van der Waals surface area contributed by atoms with E-state index in [0.717, 1.165) is 25.3 Å². The summed E-state index contributed by atoms with van der Waals surface area (Å²) in [5, 5.41) is 0.590. The van der Waals surface area contributed by atoms with Crippen molar-refractivity contribution in [3.63, 3.8) is 0 Å². The van der Waals surface area contributed by atoms with Crippen LogP contribution in [0.5, 0.6) is 0 Å². The van der Waals surface area contributed by atoms with E-state index in [1.165, 1.54) is 26.1 Å². The summed E-state index contributed by atoms with van der Waals surface area (Å²) in [5.74, 6) is 0. The molecule has 1 aromatic heterocycles. The summed E-state index contributed by atoms with van der Waals surface area (Å²) >= 11 is 5.89. The molecule has 2 heterocycles.